The highest BCUT2D eigenvalue weighted by atomic mass is 35.5. The number of piperazine rings is 1. The van der Waals surface area contributed by atoms with Crippen molar-refractivity contribution in [3.05, 3.63) is 36.4 Å². The van der Waals surface area contributed by atoms with E-state index in [2.05, 4.69) is 5.48 Å². The van der Waals surface area contributed by atoms with E-state index in [0.29, 0.717) is 25.4 Å². The van der Waals surface area contributed by atoms with Crippen molar-refractivity contribution >= 4 is 48.9 Å². The Morgan fingerprint density at radius 2 is 1.90 bits per heavy atom. The number of rotatable bonds is 12. The number of nitrogens with one attached hydrogen (secondary N) is 1. The summed E-state index contributed by atoms with van der Waals surface area (Å²) in [5, 5.41) is 0. The zero-order valence-electron chi connectivity index (χ0n) is 22.2. The Labute approximate surface area is 244 Å². The smallest absolute Gasteiger partial charge is 0.263 e. The molecule has 0 bridgehead atoms. The molecule has 2 saturated heterocycles. The molecule has 1 amide bonds. The second-order valence-electron chi connectivity index (χ2n) is 9.30. The van der Waals surface area contributed by atoms with E-state index < -0.39 is 38.3 Å². The number of hydrogen-bond donors (Lipinski definition) is 1. The topological polar surface area (TPSA) is 132 Å². The summed E-state index contributed by atoms with van der Waals surface area (Å²) in [4.78, 5) is 19.4. The number of hydrogen-bond acceptors (Lipinski definition) is 9. The third-order valence-corrected chi connectivity index (χ3v) is 12.2. The van der Waals surface area contributed by atoms with Crippen LogP contribution in [-0.4, -0.2) is 88.2 Å². The summed E-state index contributed by atoms with van der Waals surface area (Å²) in [6.07, 6.45) is 1.92. The molecular weight excluding hydrogens is 602 g/mol. The van der Waals surface area contributed by atoms with Gasteiger partial charge in [-0.3, -0.25) is 4.79 Å². The van der Waals surface area contributed by atoms with Crippen LogP contribution in [0.4, 0.5) is 0 Å². The molecule has 3 heterocycles. The van der Waals surface area contributed by atoms with Crippen molar-refractivity contribution in [3.8, 4) is 16.2 Å². The molecule has 0 saturated carbocycles. The third-order valence-electron chi connectivity index (χ3n) is 6.55. The first-order valence-corrected chi connectivity index (χ1v) is 17.5. The Balaban J connectivity index is 1.56. The number of hydroxylamine groups is 1. The van der Waals surface area contributed by atoms with Crippen LogP contribution >= 0.6 is 22.9 Å². The molecule has 2 aromatic rings. The van der Waals surface area contributed by atoms with Gasteiger partial charge < -0.3 is 9.47 Å². The number of benzene rings is 1. The van der Waals surface area contributed by atoms with Crippen LogP contribution in [0.2, 0.25) is 0 Å². The molecule has 15 heteroatoms. The lowest BCUT2D eigenvalue weighted by Gasteiger charge is -2.38. The van der Waals surface area contributed by atoms with Crippen molar-refractivity contribution < 1.29 is 35.9 Å². The fourth-order valence-corrected chi connectivity index (χ4v) is 9.27. The number of sulfonamides is 2. The Kier molecular flexibility index (Phi) is 10.8. The van der Waals surface area contributed by atoms with E-state index in [-0.39, 0.29) is 41.9 Å². The number of carbonyl (C=O) groups excluding carboxylic acids is 1. The van der Waals surface area contributed by atoms with Gasteiger partial charge in [0.15, 0.2) is 6.29 Å². The van der Waals surface area contributed by atoms with E-state index in [4.69, 9.17) is 25.9 Å². The van der Waals surface area contributed by atoms with Crippen molar-refractivity contribution in [2.45, 2.75) is 49.1 Å². The molecule has 222 valence electrons. The maximum absolute atomic E-state index is 13.8. The van der Waals surface area contributed by atoms with Crippen LogP contribution in [0.25, 0.3) is 10.4 Å². The maximum Gasteiger partial charge on any atom is 0.263 e. The number of amides is 1. The lowest BCUT2D eigenvalue weighted by molar-refractivity contribution is -0.202. The lowest BCUT2D eigenvalue weighted by Crippen LogP contribution is -2.61. The molecule has 1 aromatic heterocycles. The van der Waals surface area contributed by atoms with Gasteiger partial charge in [0.05, 0.1) is 12.4 Å². The number of nitrogens with zero attached hydrogens (tertiary/aromatic N) is 2. The molecule has 0 radical (unpaired) electrons. The highest BCUT2D eigenvalue weighted by Crippen LogP contribution is 2.34. The van der Waals surface area contributed by atoms with Crippen LogP contribution in [0, 0.1) is 0 Å². The molecule has 1 N–H and O–H groups in total. The van der Waals surface area contributed by atoms with E-state index in [9.17, 15) is 21.6 Å². The number of alkyl halides is 1. The van der Waals surface area contributed by atoms with E-state index in [1.54, 1.807) is 6.07 Å². The van der Waals surface area contributed by atoms with E-state index >= 15 is 0 Å². The highest BCUT2D eigenvalue weighted by molar-refractivity contribution is 7.91. The van der Waals surface area contributed by atoms with E-state index in [1.807, 2.05) is 31.2 Å². The SMILES string of the molecule is CCOc1ccc(-c2ccc(S(=O)(=O)N3CCN(S(=O)(=O)CCCCl)CC3C(=O)NOC3CCCCO3)s2)cc1. The van der Waals surface area contributed by atoms with Gasteiger partial charge in [-0.25, -0.2) is 27.2 Å². The molecule has 2 aliphatic heterocycles. The van der Waals surface area contributed by atoms with E-state index in [0.717, 1.165) is 43.2 Å². The van der Waals surface area contributed by atoms with E-state index in [1.165, 1.54) is 6.07 Å². The second-order valence-corrected chi connectivity index (χ2v) is 15.0. The summed E-state index contributed by atoms with van der Waals surface area (Å²) in [6.45, 7) is 2.29. The fraction of sp³-hybridized carbons (Fsp3) is 0.560. The van der Waals surface area contributed by atoms with Crippen LogP contribution in [0.3, 0.4) is 0 Å². The molecule has 1 aromatic carbocycles. The average Bonchev–Trinajstić information content (AvgIpc) is 3.47. The molecule has 40 heavy (non-hydrogen) atoms. The molecule has 0 spiro atoms. The van der Waals surface area contributed by atoms with Gasteiger partial charge in [-0.2, -0.15) is 8.61 Å². The Bertz CT molecular complexity index is 1350. The molecule has 11 nitrogen and oxygen atoms in total. The minimum Gasteiger partial charge on any atom is -0.494 e. The zero-order valence-corrected chi connectivity index (χ0v) is 25.4. The standard InChI is InChI=1S/C25H34ClN3O8S3/c1-2-35-20-9-7-19(8-10-20)22-11-12-24(38-22)40(33,34)29-15-14-28(39(31,32)17-5-13-26)18-21(29)25(30)27-37-23-6-3-4-16-36-23/h7-12,21,23H,2-6,13-18H2,1H3,(H,27,30). The van der Waals surface area contributed by atoms with Gasteiger partial charge in [-0.1, -0.05) is 0 Å². The second kappa shape index (κ2) is 13.9. The van der Waals surface area contributed by atoms with Crippen molar-refractivity contribution in [1.82, 2.24) is 14.1 Å². The van der Waals surface area contributed by atoms with Crippen LogP contribution in [0.15, 0.2) is 40.6 Å². The summed E-state index contributed by atoms with van der Waals surface area (Å²) < 4.78 is 66.6. The Hall–Kier alpha value is -1.78. The third kappa shape index (κ3) is 7.53. The van der Waals surface area contributed by atoms with Gasteiger partial charge in [0.2, 0.25) is 10.0 Å². The predicted octanol–water partition coefficient (Wildman–Crippen LogP) is 3.02. The van der Waals surface area contributed by atoms with Gasteiger partial charge in [0, 0.05) is 43.4 Å². The largest absolute Gasteiger partial charge is 0.494 e. The Morgan fingerprint density at radius 3 is 2.58 bits per heavy atom. The summed E-state index contributed by atoms with van der Waals surface area (Å²) >= 11 is 6.76. The monoisotopic (exact) mass is 635 g/mol. The van der Waals surface area contributed by atoms with Gasteiger partial charge in [-0.15, -0.1) is 22.9 Å². The van der Waals surface area contributed by atoms with Crippen molar-refractivity contribution in [2.24, 2.45) is 0 Å². The molecule has 2 fully saturated rings. The van der Waals surface area contributed by atoms with Crippen LogP contribution in [0.5, 0.6) is 5.75 Å². The van der Waals surface area contributed by atoms with Gasteiger partial charge >= 0.3 is 0 Å². The quantitative estimate of drug-likeness (QED) is 0.278. The number of ether oxygens (including phenoxy) is 2. The first kappa shape index (κ1) is 31.2. The molecule has 0 aliphatic carbocycles. The van der Waals surface area contributed by atoms with Crippen molar-refractivity contribution in [1.29, 1.82) is 0 Å². The maximum atomic E-state index is 13.8. The van der Waals surface area contributed by atoms with Crippen molar-refractivity contribution in [2.75, 3.05) is 44.5 Å². The Morgan fingerprint density at radius 1 is 1.12 bits per heavy atom. The van der Waals surface area contributed by atoms with Crippen molar-refractivity contribution in [3.63, 3.8) is 0 Å². The van der Waals surface area contributed by atoms with Gasteiger partial charge in [0.25, 0.3) is 15.9 Å². The lowest BCUT2D eigenvalue weighted by atomic mass is 10.2. The number of carbonyl (C=O) groups is 1. The van der Waals surface area contributed by atoms with Crippen LogP contribution < -0.4 is 10.2 Å². The highest BCUT2D eigenvalue weighted by Gasteiger charge is 2.43. The summed E-state index contributed by atoms with van der Waals surface area (Å²) in [5.41, 5.74) is 3.14. The molecule has 4 rings (SSSR count). The zero-order chi connectivity index (χ0) is 28.8. The molecule has 2 unspecified atom stereocenters. The van der Waals surface area contributed by atoms with Crippen LogP contribution in [-0.2, 0) is 34.4 Å². The average molecular weight is 636 g/mol. The molecular formula is C25H34ClN3O8S3. The van der Waals surface area contributed by atoms with Crippen LogP contribution in [0.1, 0.15) is 32.6 Å². The summed E-state index contributed by atoms with van der Waals surface area (Å²) in [7, 11) is -7.90. The summed E-state index contributed by atoms with van der Waals surface area (Å²) in [5.74, 6) is -0.0789. The summed E-state index contributed by atoms with van der Waals surface area (Å²) in [6, 6.07) is 9.18. The first-order valence-electron chi connectivity index (χ1n) is 13.1. The first-order chi connectivity index (χ1) is 19.2. The minimum atomic E-state index is -4.15. The molecule has 2 aliphatic rings. The fourth-order valence-electron chi connectivity index (χ4n) is 4.47. The number of halogens is 1. The normalized spacial score (nSPS) is 21.2. The molecule has 2 atom stereocenters. The van der Waals surface area contributed by atoms with Gasteiger partial charge in [0.1, 0.15) is 16.0 Å². The van der Waals surface area contributed by atoms with Gasteiger partial charge in [-0.05, 0) is 68.1 Å². The number of thiophene rings is 1. The predicted molar refractivity (Wildman–Crippen MR) is 152 cm³/mol. The minimum absolute atomic E-state index is 0.0455.